The van der Waals surface area contributed by atoms with Crippen LogP contribution >= 0.6 is 15.9 Å². The number of benzene rings is 2. The number of halogens is 1. The summed E-state index contributed by atoms with van der Waals surface area (Å²) in [5.74, 6) is 0.170. The van der Waals surface area contributed by atoms with Crippen molar-refractivity contribution in [2.45, 2.75) is 36.0 Å². The van der Waals surface area contributed by atoms with E-state index < -0.39 is 20.0 Å². The highest BCUT2D eigenvalue weighted by Gasteiger charge is 2.23. The Morgan fingerprint density at radius 2 is 1.60 bits per heavy atom. The molecule has 5 nitrogen and oxygen atoms in total. The zero-order valence-electron chi connectivity index (χ0n) is 14.3. The highest BCUT2D eigenvalue weighted by atomic mass is 79.9. The third-order valence-electron chi connectivity index (χ3n) is 3.51. The molecule has 0 spiro atoms. The number of hydrogen-bond donors (Lipinski definition) is 0. The van der Waals surface area contributed by atoms with Crippen LogP contribution in [-0.2, 0) is 25.4 Å². The van der Waals surface area contributed by atoms with Crippen LogP contribution in [0.1, 0.15) is 26.3 Å². The monoisotopic (exact) mass is 446 g/mol. The van der Waals surface area contributed by atoms with E-state index in [2.05, 4.69) is 15.9 Å². The Morgan fingerprint density at radius 1 is 0.960 bits per heavy atom. The van der Waals surface area contributed by atoms with E-state index in [1.165, 1.54) is 12.1 Å². The topological polar surface area (TPSA) is 77.5 Å². The SMILES string of the molecule is CC(C)(C)c1cccc(OS(=O)(=O)c2cc(S(C)(=O)=O)ccc2Br)c1. The van der Waals surface area contributed by atoms with Gasteiger partial charge in [-0.2, -0.15) is 8.42 Å². The molecule has 0 heterocycles. The smallest absolute Gasteiger partial charge is 0.340 e. The normalized spacial score (nSPS) is 12.8. The van der Waals surface area contributed by atoms with Gasteiger partial charge >= 0.3 is 10.1 Å². The predicted molar refractivity (Wildman–Crippen MR) is 100 cm³/mol. The predicted octanol–water partition coefficient (Wildman–Crippen LogP) is 3.92. The van der Waals surface area contributed by atoms with Crippen molar-refractivity contribution in [3.8, 4) is 5.75 Å². The minimum atomic E-state index is -4.20. The average Bonchev–Trinajstić information content (AvgIpc) is 2.45. The van der Waals surface area contributed by atoms with Gasteiger partial charge in [-0.3, -0.25) is 0 Å². The van der Waals surface area contributed by atoms with Crippen molar-refractivity contribution in [1.29, 1.82) is 0 Å². The lowest BCUT2D eigenvalue weighted by atomic mass is 9.87. The summed E-state index contributed by atoms with van der Waals surface area (Å²) in [5.41, 5.74) is 0.754. The van der Waals surface area contributed by atoms with E-state index in [0.717, 1.165) is 17.9 Å². The largest absolute Gasteiger partial charge is 0.379 e. The second kappa shape index (κ2) is 6.74. The minimum Gasteiger partial charge on any atom is -0.379 e. The van der Waals surface area contributed by atoms with E-state index >= 15 is 0 Å². The van der Waals surface area contributed by atoms with Crippen LogP contribution in [0.25, 0.3) is 0 Å². The Bertz CT molecular complexity index is 1000. The van der Waals surface area contributed by atoms with Gasteiger partial charge in [0.1, 0.15) is 10.6 Å². The first-order valence-corrected chi connectivity index (χ1v) is 11.4. The van der Waals surface area contributed by atoms with E-state index in [9.17, 15) is 16.8 Å². The standard InChI is InChI=1S/C17H19BrO5S2/c1-17(2,3)12-6-5-7-13(10-12)23-25(21,22)16-11-14(24(4,19)20)8-9-15(16)18/h5-11H,1-4H3. The molecular weight excluding hydrogens is 428 g/mol. The van der Waals surface area contributed by atoms with Gasteiger partial charge in [0.05, 0.1) is 4.90 Å². The number of sulfone groups is 1. The summed E-state index contributed by atoms with van der Waals surface area (Å²) >= 11 is 3.14. The van der Waals surface area contributed by atoms with Gasteiger partial charge in [0, 0.05) is 10.7 Å². The molecule has 0 bridgehead atoms. The summed E-state index contributed by atoms with van der Waals surface area (Å²) in [6.45, 7) is 6.02. The second-order valence-corrected chi connectivity index (χ2v) is 11.1. The van der Waals surface area contributed by atoms with Gasteiger partial charge in [-0.1, -0.05) is 32.9 Å². The molecule has 0 amide bonds. The van der Waals surface area contributed by atoms with E-state index in [-0.39, 0.29) is 25.4 Å². The van der Waals surface area contributed by atoms with Gasteiger partial charge in [-0.05, 0) is 57.2 Å². The fourth-order valence-electron chi connectivity index (χ4n) is 2.09. The van der Waals surface area contributed by atoms with Gasteiger partial charge in [0.2, 0.25) is 0 Å². The maximum atomic E-state index is 12.6. The van der Waals surface area contributed by atoms with Crippen molar-refractivity contribution >= 4 is 35.9 Å². The molecule has 0 saturated heterocycles. The van der Waals surface area contributed by atoms with Crippen LogP contribution in [0.3, 0.4) is 0 Å². The van der Waals surface area contributed by atoms with Crippen molar-refractivity contribution < 1.29 is 21.0 Å². The highest BCUT2D eigenvalue weighted by molar-refractivity contribution is 9.10. The molecule has 0 fully saturated rings. The lowest BCUT2D eigenvalue weighted by Gasteiger charge is -2.19. The molecule has 0 aliphatic heterocycles. The zero-order valence-corrected chi connectivity index (χ0v) is 17.5. The van der Waals surface area contributed by atoms with E-state index in [1.807, 2.05) is 26.8 Å². The maximum Gasteiger partial charge on any atom is 0.340 e. The van der Waals surface area contributed by atoms with E-state index in [1.54, 1.807) is 18.2 Å². The number of hydrogen-bond acceptors (Lipinski definition) is 5. The van der Waals surface area contributed by atoms with Crippen LogP contribution in [0.15, 0.2) is 56.7 Å². The van der Waals surface area contributed by atoms with Gasteiger partial charge < -0.3 is 4.18 Å². The van der Waals surface area contributed by atoms with Gasteiger partial charge in [-0.25, -0.2) is 8.42 Å². The second-order valence-electron chi connectivity index (χ2n) is 6.68. The zero-order chi connectivity index (χ0) is 19.0. The molecule has 0 aromatic heterocycles. The maximum absolute atomic E-state index is 12.6. The molecule has 136 valence electrons. The van der Waals surface area contributed by atoms with Crippen molar-refractivity contribution in [3.05, 3.63) is 52.5 Å². The summed E-state index contributed by atoms with van der Waals surface area (Å²) < 4.78 is 54.1. The molecule has 0 aliphatic carbocycles. The Kier molecular flexibility index (Phi) is 5.37. The molecule has 0 radical (unpaired) electrons. The summed E-state index contributed by atoms with van der Waals surface area (Å²) in [6.07, 6.45) is 1.01. The molecule has 0 unspecified atom stereocenters. The molecular formula is C17H19BrO5S2. The minimum absolute atomic E-state index is 0.0960. The third kappa shape index (κ3) is 4.83. The average molecular weight is 447 g/mol. The Hall–Kier alpha value is -1.38. The first-order chi connectivity index (χ1) is 11.3. The van der Waals surface area contributed by atoms with Crippen LogP contribution in [0, 0.1) is 0 Å². The molecule has 8 heteroatoms. The number of rotatable bonds is 4. The van der Waals surface area contributed by atoms with E-state index in [4.69, 9.17) is 4.18 Å². The quantitative estimate of drug-likeness (QED) is 0.664. The molecule has 0 atom stereocenters. The summed E-state index contributed by atoms with van der Waals surface area (Å²) in [4.78, 5) is -0.335. The lowest BCUT2D eigenvalue weighted by molar-refractivity contribution is 0.483. The van der Waals surface area contributed by atoms with Gasteiger partial charge in [0.25, 0.3) is 0 Å². The summed E-state index contributed by atoms with van der Waals surface area (Å²) in [5, 5.41) is 0. The van der Waals surface area contributed by atoms with Crippen molar-refractivity contribution in [2.24, 2.45) is 0 Å². The lowest BCUT2D eigenvalue weighted by Crippen LogP contribution is -2.14. The van der Waals surface area contributed by atoms with Gasteiger partial charge in [-0.15, -0.1) is 0 Å². The van der Waals surface area contributed by atoms with Crippen LogP contribution < -0.4 is 4.18 Å². The van der Waals surface area contributed by atoms with Crippen molar-refractivity contribution in [1.82, 2.24) is 0 Å². The Labute approximate surface area is 157 Å². The fraction of sp³-hybridized carbons (Fsp3) is 0.294. The first-order valence-electron chi connectivity index (χ1n) is 7.35. The Morgan fingerprint density at radius 3 is 2.16 bits per heavy atom. The summed E-state index contributed by atoms with van der Waals surface area (Å²) in [6, 6.07) is 10.6. The van der Waals surface area contributed by atoms with Crippen molar-refractivity contribution in [2.75, 3.05) is 6.26 Å². The van der Waals surface area contributed by atoms with Gasteiger partial charge in [0.15, 0.2) is 9.84 Å². The van der Waals surface area contributed by atoms with E-state index in [0.29, 0.717) is 0 Å². The van der Waals surface area contributed by atoms with Crippen LogP contribution in [0.2, 0.25) is 0 Å². The van der Waals surface area contributed by atoms with Crippen LogP contribution in [0.4, 0.5) is 0 Å². The molecule has 0 N–H and O–H groups in total. The first kappa shape index (κ1) is 19.9. The molecule has 2 rings (SSSR count). The highest BCUT2D eigenvalue weighted by Crippen LogP contribution is 2.30. The molecule has 25 heavy (non-hydrogen) atoms. The van der Waals surface area contributed by atoms with Crippen LogP contribution in [-0.4, -0.2) is 23.1 Å². The molecule has 2 aromatic rings. The molecule has 0 saturated carbocycles. The van der Waals surface area contributed by atoms with Crippen molar-refractivity contribution in [3.63, 3.8) is 0 Å². The van der Waals surface area contributed by atoms with Crippen LogP contribution in [0.5, 0.6) is 5.75 Å². The molecule has 2 aromatic carbocycles. The Balaban J connectivity index is 2.47. The fourth-order valence-corrected chi connectivity index (χ4v) is 4.68. The summed E-state index contributed by atoms with van der Waals surface area (Å²) in [7, 11) is -7.74. The molecule has 0 aliphatic rings. The third-order valence-corrected chi connectivity index (χ3v) is 6.86.